The van der Waals surface area contributed by atoms with Crippen molar-refractivity contribution >= 4 is 35.9 Å². The van der Waals surface area contributed by atoms with Crippen LogP contribution in [-0.2, 0) is 11.3 Å². The van der Waals surface area contributed by atoms with Gasteiger partial charge in [0.2, 0.25) is 5.95 Å². The lowest BCUT2D eigenvalue weighted by molar-refractivity contribution is 0.0330. The second-order valence-corrected chi connectivity index (χ2v) is 6.87. The highest BCUT2D eigenvalue weighted by Crippen LogP contribution is 2.10. The quantitative estimate of drug-likeness (QED) is 0.308. The summed E-state index contributed by atoms with van der Waals surface area (Å²) in [5, 5.41) is 13.5. The van der Waals surface area contributed by atoms with Gasteiger partial charge in [0.15, 0.2) is 5.96 Å². The van der Waals surface area contributed by atoms with Crippen LogP contribution in [-0.4, -0.2) is 77.9 Å². The number of hydrogen-bond donors (Lipinski definition) is 2. The summed E-state index contributed by atoms with van der Waals surface area (Å²) in [5.41, 5.74) is 1.09. The minimum atomic E-state index is -0.633. The van der Waals surface area contributed by atoms with Gasteiger partial charge in [-0.2, -0.15) is 0 Å². The second kappa shape index (κ2) is 13.3. The van der Waals surface area contributed by atoms with Crippen molar-refractivity contribution in [3.63, 3.8) is 0 Å². The highest BCUT2D eigenvalue weighted by Gasteiger charge is 2.21. The summed E-state index contributed by atoms with van der Waals surface area (Å²) in [6.07, 6.45) is 2.90. The number of nitrogens with zero attached hydrogens (tertiary/aromatic N) is 5. The largest absolute Gasteiger partial charge is 0.389 e. The maximum Gasteiger partial charge on any atom is 0.225 e. The van der Waals surface area contributed by atoms with Crippen LogP contribution in [0.15, 0.2) is 53.8 Å². The maximum atomic E-state index is 10.2. The van der Waals surface area contributed by atoms with E-state index >= 15 is 0 Å². The average molecular weight is 526 g/mol. The summed E-state index contributed by atoms with van der Waals surface area (Å²) in [4.78, 5) is 17.6. The number of rotatable bonds is 8. The lowest BCUT2D eigenvalue weighted by Gasteiger charge is -2.36. The van der Waals surface area contributed by atoms with E-state index < -0.39 is 6.10 Å². The lowest BCUT2D eigenvalue weighted by atomic mass is 10.2. The number of aromatic nitrogens is 2. The summed E-state index contributed by atoms with van der Waals surface area (Å²) in [5.74, 6) is 1.59. The van der Waals surface area contributed by atoms with Gasteiger partial charge >= 0.3 is 0 Å². The Bertz CT molecular complexity index is 742. The van der Waals surface area contributed by atoms with E-state index in [1.54, 1.807) is 12.4 Å². The van der Waals surface area contributed by atoms with Crippen molar-refractivity contribution in [3.8, 4) is 0 Å². The molecule has 1 aromatic carbocycles. The number of aliphatic hydroxyl groups is 1. The third-order valence-electron chi connectivity index (χ3n) is 4.62. The molecule has 1 fully saturated rings. The second-order valence-electron chi connectivity index (χ2n) is 6.87. The molecule has 30 heavy (non-hydrogen) atoms. The minimum Gasteiger partial charge on any atom is -0.389 e. The van der Waals surface area contributed by atoms with E-state index in [1.165, 1.54) is 0 Å². The van der Waals surface area contributed by atoms with Gasteiger partial charge in [0.25, 0.3) is 0 Å². The summed E-state index contributed by atoms with van der Waals surface area (Å²) in [6, 6.07) is 11.8. The molecule has 0 spiro atoms. The molecular weight excluding hydrogens is 495 g/mol. The van der Waals surface area contributed by atoms with Crippen LogP contribution in [0, 0.1) is 0 Å². The molecule has 1 aliphatic heterocycles. The Morgan fingerprint density at radius 1 is 1.13 bits per heavy atom. The third-order valence-corrected chi connectivity index (χ3v) is 4.62. The van der Waals surface area contributed by atoms with Crippen molar-refractivity contribution in [1.29, 1.82) is 0 Å². The Hall–Kier alpha value is -1.98. The van der Waals surface area contributed by atoms with Gasteiger partial charge in [0.1, 0.15) is 0 Å². The van der Waals surface area contributed by atoms with Crippen LogP contribution in [0.25, 0.3) is 0 Å². The molecule has 0 saturated carbocycles. The van der Waals surface area contributed by atoms with Crippen LogP contribution in [0.1, 0.15) is 12.5 Å². The number of halogens is 1. The van der Waals surface area contributed by atoms with Gasteiger partial charge in [-0.25, -0.2) is 9.97 Å². The highest BCUT2D eigenvalue weighted by atomic mass is 127. The van der Waals surface area contributed by atoms with Gasteiger partial charge < -0.3 is 25.0 Å². The normalized spacial score (nSPS) is 15.5. The molecule has 2 heterocycles. The molecular formula is C21H31IN6O2. The zero-order valence-corrected chi connectivity index (χ0v) is 19.7. The van der Waals surface area contributed by atoms with Crippen LogP contribution in [0.3, 0.4) is 0 Å². The Morgan fingerprint density at radius 2 is 1.83 bits per heavy atom. The summed E-state index contributed by atoms with van der Waals surface area (Å²) in [6.45, 7) is 7.19. The van der Waals surface area contributed by atoms with Crippen molar-refractivity contribution in [3.05, 3.63) is 54.4 Å². The molecule has 0 bridgehead atoms. The molecule has 1 aromatic heterocycles. The first kappa shape index (κ1) is 24.3. The SMILES string of the molecule is CCNC(=NCC(O)COCc1ccccc1)N1CCN(c2ncccn2)CC1.I. The predicted molar refractivity (Wildman–Crippen MR) is 129 cm³/mol. The number of piperazine rings is 1. The molecule has 1 aliphatic rings. The highest BCUT2D eigenvalue weighted by molar-refractivity contribution is 14.0. The van der Waals surface area contributed by atoms with E-state index in [9.17, 15) is 5.11 Å². The van der Waals surface area contributed by atoms with Crippen LogP contribution in [0.5, 0.6) is 0 Å². The van der Waals surface area contributed by atoms with Gasteiger partial charge in [-0.1, -0.05) is 30.3 Å². The number of nitrogens with one attached hydrogen (secondary N) is 1. The Labute approximate surface area is 195 Å². The van der Waals surface area contributed by atoms with Crippen molar-refractivity contribution in [2.24, 2.45) is 4.99 Å². The van der Waals surface area contributed by atoms with Crippen LogP contribution < -0.4 is 10.2 Å². The van der Waals surface area contributed by atoms with Crippen molar-refractivity contribution in [1.82, 2.24) is 20.2 Å². The first-order chi connectivity index (χ1) is 14.3. The average Bonchev–Trinajstić information content (AvgIpc) is 2.78. The summed E-state index contributed by atoms with van der Waals surface area (Å²) < 4.78 is 5.61. The number of guanidine groups is 1. The van der Waals surface area contributed by atoms with Crippen LogP contribution in [0.2, 0.25) is 0 Å². The van der Waals surface area contributed by atoms with E-state index in [-0.39, 0.29) is 30.6 Å². The van der Waals surface area contributed by atoms with Crippen LogP contribution in [0.4, 0.5) is 5.95 Å². The lowest BCUT2D eigenvalue weighted by Crippen LogP contribution is -2.53. The van der Waals surface area contributed by atoms with Crippen molar-refractivity contribution in [2.45, 2.75) is 19.6 Å². The van der Waals surface area contributed by atoms with Crippen molar-refractivity contribution in [2.75, 3.05) is 50.8 Å². The number of benzene rings is 1. The molecule has 1 unspecified atom stereocenters. The molecule has 0 amide bonds. The molecule has 8 nitrogen and oxygen atoms in total. The predicted octanol–water partition coefficient (Wildman–Crippen LogP) is 1.76. The molecule has 164 valence electrons. The number of aliphatic imine (C=N–C) groups is 1. The zero-order chi connectivity index (χ0) is 20.3. The van der Waals surface area contributed by atoms with Gasteiger partial charge in [0.05, 0.1) is 25.9 Å². The fraction of sp³-hybridized carbons (Fsp3) is 0.476. The maximum absolute atomic E-state index is 10.2. The zero-order valence-electron chi connectivity index (χ0n) is 17.4. The molecule has 0 aliphatic carbocycles. The first-order valence-corrected chi connectivity index (χ1v) is 10.1. The van der Waals surface area contributed by atoms with E-state index in [2.05, 4.69) is 30.1 Å². The topological polar surface area (TPSA) is 86.1 Å². The number of anilines is 1. The van der Waals surface area contributed by atoms with Gasteiger partial charge in [-0.3, -0.25) is 4.99 Å². The molecule has 2 aromatic rings. The van der Waals surface area contributed by atoms with E-state index in [0.29, 0.717) is 13.2 Å². The smallest absolute Gasteiger partial charge is 0.225 e. The Morgan fingerprint density at radius 3 is 2.50 bits per heavy atom. The Kier molecular flexibility index (Phi) is 10.8. The van der Waals surface area contributed by atoms with E-state index in [0.717, 1.165) is 50.2 Å². The van der Waals surface area contributed by atoms with Gasteiger partial charge in [0, 0.05) is 45.1 Å². The molecule has 0 radical (unpaired) electrons. The van der Waals surface area contributed by atoms with E-state index in [1.807, 2.05) is 43.3 Å². The molecule has 3 rings (SSSR count). The van der Waals surface area contributed by atoms with Crippen LogP contribution >= 0.6 is 24.0 Å². The number of hydrogen-bond acceptors (Lipinski definition) is 6. The summed E-state index contributed by atoms with van der Waals surface area (Å²) >= 11 is 0. The minimum absolute atomic E-state index is 0. The summed E-state index contributed by atoms with van der Waals surface area (Å²) in [7, 11) is 0. The van der Waals surface area contributed by atoms with E-state index in [4.69, 9.17) is 4.74 Å². The third kappa shape index (κ3) is 7.69. The Balaban J connectivity index is 0.00000320. The molecule has 9 heteroatoms. The molecule has 1 saturated heterocycles. The van der Waals surface area contributed by atoms with Crippen molar-refractivity contribution < 1.29 is 9.84 Å². The van der Waals surface area contributed by atoms with Gasteiger partial charge in [-0.15, -0.1) is 24.0 Å². The monoisotopic (exact) mass is 526 g/mol. The van der Waals surface area contributed by atoms with Gasteiger partial charge in [-0.05, 0) is 18.6 Å². The fourth-order valence-corrected chi connectivity index (χ4v) is 3.13. The molecule has 2 N–H and O–H groups in total. The first-order valence-electron chi connectivity index (χ1n) is 10.1. The molecule has 1 atom stereocenters. The number of aliphatic hydroxyl groups excluding tert-OH is 1. The number of ether oxygens (including phenoxy) is 1. The standard InChI is InChI=1S/C21H30N6O2.HI/c1-2-22-20(25-15-19(28)17-29-16-18-7-4-3-5-8-18)26-11-13-27(14-12-26)21-23-9-6-10-24-21;/h3-10,19,28H,2,11-17H2,1H3,(H,22,25);1H. The fourth-order valence-electron chi connectivity index (χ4n) is 3.13.